The van der Waals surface area contributed by atoms with Gasteiger partial charge < -0.3 is 25.0 Å². The number of para-hydroxylation sites is 1. The van der Waals surface area contributed by atoms with Gasteiger partial charge in [0.1, 0.15) is 11.9 Å². The molecule has 0 saturated heterocycles. The Kier molecular flexibility index (Phi) is 8.80. The lowest BCUT2D eigenvalue weighted by Crippen LogP contribution is -2.48. The Morgan fingerprint density at radius 3 is 2.56 bits per heavy atom. The molecular weight excluding hydrogens is 484 g/mol. The smallest absolute Gasteiger partial charge is 0.321 e. The van der Waals surface area contributed by atoms with Crippen LogP contribution in [0.1, 0.15) is 19.4 Å². The Labute approximate surface area is 212 Å². The molecule has 1 heterocycles. The first kappa shape index (κ1) is 27.3. The predicted molar refractivity (Wildman–Crippen MR) is 139 cm³/mol. The molecule has 0 radical (unpaired) electrons. The van der Waals surface area contributed by atoms with Crippen LogP contribution < -0.4 is 14.8 Å². The summed E-state index contributed by atoms with van der Waals surface area (Å²) in [5.41, 5.74) is 1.50. The number of anilines is 2. The molecule has 196 valence electrons. The largest absolute Gasteiger partial charge is 0.488 e. The molecule has 3 amide bonds. The standard InChI is InChI=1S/C25H34N4O6S/c1-17-14-29(18(2)16-30)24(31)13-19-12-21(27-36(4,33)34)10-11-22(19)35-23(17)15-28(3)25(32)26-20-8-6-5-7-9-20/h5-12,17-18,23,27,30H,13-16H2,1-4H3,(H,26,32)/t17-,18-,23-/m0/s1. The molecule has 0 aromatic heterocycles. The lowest BCUT2D eigenvalue weighted by molar-refractivity contribution is -0.134. The van der Waals surface area contributed by atoms with E-state index in [0.717, 1.165) is 6.26 Å². The molecule has 11 heteroatoms. The number of carbonyl (C=O) groups excluding carboxylic acids is 2. The number of nitrogens with one attached hydrogen (secondary N) is 2. The number of amides is 3. The Bertz CT molecular complexity index is 1170. The summed E-state index contributed by atoms with van der Waals surface area (Å²) in [6.45, 7) is 4.05. The Morgan fingerprint density at radius 2 is 1.92 bits per heavy atom. The maximum atomic E-state index is 13.2. The fraction of sp³-hybridized carbons (Fsp3) is 0.440. The summed E-state index contributed by atoms with van der Waals surface area (Å²) >= 11 is 0. The lowest BCUT2D eigenvalue weighted by atomic mass is 10.0. The van der Waals surface area contributed by atoms with Gasteiger partial charge in [-0.1, -0.05) is 25.1 Å². The van der Waals surface area contributed by atoms with Crippen LogP contribution >= 0.6 is 0 Å². The first-order chi connectivity index (χ1) is 17.0. The second-order valence-corrected chi connectivity index (χ2v) is 11.0. The van der Waals surface area contributed by atoms with E-state index in [-0.39, 0.29) is 37.4 Å². The van der Waals surface area contributed by atoms with Gasteiger partial charge in [0.15, 0.2) is 0 Å². The molecule has 1 aliphatic heterocycles. The highest BCUT2D eigenvalue weighted by Gasteiger charge is 2.32. The van der Waals surface area contributed by atoms with Crippen molar-refractivity contribution in [2.75, 3.05) is 43.0 Å². The molecule has 0 spiro atoms. The third-order valence-corrected chi connectivity index (χ3v) is 6.65. The van der Waals surface area contributed by atoms with E-state index < -0.39 is 22.2 Å². The highest BCUT2D eigenvalue weighted by molar-refractivity contribution is 7.92. The number of sulfonamides is 1. The van der Waals surface area contributed by atoms with Crippen molar-refractivity contribution in [2.45, 2.75) is 32.4 Å². The lowest BCUT2D eigenvalue weighted by Gasteiger charge is -2.34. The predicted octanol–water partition coefficient (Wildman–Crippen LogP) is 2.37. The average Bonchev–Trinajstić information content (AvgIpc) is 2.86. The molecule has 2 aromatic carbocycles. The Balaban J connectivity index is 1.90. The monoisotopic (exact) mass is 518 g/mol. The molecule has 0 saturated carbocycles. The summed E-state index contributed by atoms with van der Waals surface area (Å²) in [6.07, 6.45) is 0.543. The van der Waals surface area contributed by atoms with E-state index >= 15 is 0 Å². The minimum atomic E-state index is -3.51. The van der Waals surface area contributed by atoms with E-state index in [4.69, 9.17) is 4.74 Å². The highest BCUT2D eigenvalue weighted by Crippen LogP contribution is 2.29. The van der Waals surface area contributed by atoms with Crippen LogP contribution in [0.3, 0.4) is 0 Å². The number of nitrogens with zero attached hydrogens (tertiary/aromatic N) is 2. The summed E-state index contributed by atoms with van der Waals surface area (Å²) < 4.78 is 32.2. The van der Waals surface area contributed by atoms with E-state index in [1.807, 2.05) is 25.1 Å². The minimum absolute atomic E-state index is 0.0251. The first-order valence-corrected chi connectivity index (χ1v) is 13.6. The van der Waals surface area contributed by atoms with Crippen LogP contribution in [0.4, 0.5) is 16.2 Å². The van der Waals surface area contributed by atoms with Crippen molar-refractivity contribution < 1.29 is 27.9 Å². The summed E-state index contributed by atoms with van der Waals surface area (Å²) in [4.78, 5) is 29.1. The molecule has 1 aliphatic rings. The number of hydrogen-bond donors (Lipinski definition) is 3. The van der Waals surface area contributed by atoms with E-state index in [9.17, 15) is 23.1 Å². The van der Waals surface area contributed by atoms with Crippen molar-refractivity contribution >= 4 is 33.3 Å². The van der Waals surface area contributed by atoms with Crippen molar-refractivity contribution in [3.05, 3.63) is 54.1 Å². The van der Waals surface area contributed by atoms with E-state index in [1.165, 1.54) is 4.90 Å². The highest BCUT2D eigenvalue weighted by atomic mass is 32.2. The van der Waals surface area contributed by atoms with Gasteiger partial charge in [0, 0.05) is 36.4 Å². The van der Waals surface area contributed by atoms with Crippen molar-refractivity contribution in [2.24, 2.45) is 5.92 Å². The minimum Gasteiger partial charge on any atom is -0.488 e. The number of urea groups is 1. The molecule has 10 nitrogen and oxygen atoms in total. The van der Waals surface area contributed by atoms with Crippen molar-refractivity contribution in [1.82, 2.24) is 9.80 Å². The fourth-order valence-corrected chi connectivity index (χ4v) is 4.57. The molecule has 3 rings (SSSR count). The average molecular weight is 519 g/mol. The van der Waals surface area contributed by atoms with Gasteiger partial charge in [0.25, 0.3) is 0 Å². The fourth-order valence-electron chi connectivity index (χ4n) is 4.02. The number of carbonyl (C=O) groups is 2. The Morgan fingerprint density at radius 1 is 1.22 bits per heavy atom. The van der Waals surface area contributed by atoms with Gasteiger partial charge in [-0.25, -0.2) is 13.2 Å². The molecule has 0 unspecified atom stereocenters. The molecule has 0 aliphatic carbocycles. The van der Waals surface area contributed by atoms with Crippen LogP contribution in [0, 0.1) is 5.92 Å². The third-order valence-electron chi connectivity index (χ3n) is 6.05. The summed E-state index contributed by atoms with van der Waals surface area (Å²) in [6, 6.07) is 13.2. The number of aliphatic hydroxyl groups is 1. The molecule has 3 atom stereocenters. The summed E-state index contributed by atoms with van der Waals surface area (Å²) in [5.74, 6) is 0.0462. The van der Waals surface area contributed by atoms with Crippen LogP contribution in [-0.4, -0.2) is 80.4 Å². The first-order valence-electron chi connectivity index (χ1n) is 11.7. The number of aliphatic hydroxyl groups excluding tert-OH is 1. The van der Waals surface area contributed by atoms with Crippen LogP contribution in [0.15, 0.2) is 48.5 Å². The zero-order valence-corrected chi connectivity index (χ0v) is 21.8. The summed E-state index contributed by atoms with van der Waals surface area (Å²) in [7, 11) is -1.84. The molecule has 0 fully saturated rings. The van der Waals surface area contributed by atoms with Crippen LogP contribution in [-0.2, 0) is 21.2 Å². The van der Waals surface area contributed by atoms with Crippen molar-refractivity contribution in [3.8, 4) is 5.75 Å². The van der Waals surface area contributed by atoms with Gasteiger partial charge in [0.05, 0.1) is 31.9 Å². The third kappa shape index (κ3) is 7.34. The van der Waals surface area contributed by atoms with E-state index in [0.29, 0.717) is 29.2 Å². The number of rotatable bonds is 7. The van der Waals surface area contributed by atoms with Crippen molar-refractivity contribution in [3.63, 3.8) is 0 Å². The molecular formula is C25H34N4O6S. The molecule has 3 N–H and O–H groups in total. The zero-order valence-electron chi connectivity index (χ0n) is 21.0. The molecule has 2 aromatic rings. The SMILES string of the molecule is C[C@H]1CN([C@@H](C)CO)C(=O)Cc2cc(NS(C)(=O)=O)ccc2O[C@H]1CN(C)C(=O)Nc1ccccc1. The van der Waals surface area contributed by atoms with E-state index in [2.05, 4.69) is 10.0 Å². The van der Waals surface area contributed by atoms with Crippen molar-refractivity contribution in [1.29, 1.82) is 0 Å². The number of fused-ring (bicyclic) bond motifs is 1. The maximum Gasteiger partial charge on any atom is 0.321 e. The van der Waals surface area contributed by atoms with E-state index in [1.54, 1.807) is 49.2 Å². The zero-order chi connectivity index (χ0) is 26.5. The van der Waals surface area contributed by atoms with Gasteiger partial charge >= 0.3 is 6.03 Å². The normalized spacial score (nSPS) is 19.1. The van der Waals surface area contributed by atoms with Gasteiger partial charge in [0.2, 0.25) is 15.9 Å². The molecule has 36 heavy (non-hydrogen) atoms. The number of benzene rings is 2. The topological polar surface area (TPSA) is 128 Å². The number of hydrogen-bond acceptors (Lipinski definition) is 6. The van der Waals surface area contributed by atoms with Gasteiger partial charge in [-0.3, -0.25) is 9.52 Å². The summed E-state index contributed by atoms with van der Waals surface area (Å²) in [5, 5.41) is 12.6. The maximum absolute atomic E-state index is 13.2. The number of ether oxygens (including phenoxy) is 1. The van der Waals surface area contributed by atoms with Gasteiger partial charge in [-0.15, -0.1) is 0 Å². The second-order valence-electron chi connectivity index (χ2n) is 9.26. The second kappa shape index (κ2) is 11.6. The van der Waals surface area contributed by atoms with Crippen LogP contribution in [0.25, 0.3) is 0 Å². The van der Waals surface area contributed by atoms with Gasteiger partial charge in [-0.2, -0.15) is 0 Å². The van der Waals surface area contributed by atoms with Crippen LogP contribution in [0.2, 0.25) is 0 Å². The van der Waals surface area contributed by atoms with Crippen LogP contribution in [0.5, 0.6) is 5.75 Å². The van der Waals surface area contributed by atoms with Gasteiger partial charge in [-0.05, 0) is 37.3 Å². The number of likely N-dealkylation sites (N-methyl/N-ethyl adjacent to an activating group) is 1. The Hall–Kier alpha value is -3.31. The quantitative estimate of drug-likeness (QED) is 0.516. The molecule has 0 bridgehead atoms.